The Balaban J connectivity index is 3.00. The van der Waals surface area contributed by atoms with Crippen LogP contribution in [0.3, 0.4) is 0 Å². The van der Waals surface area contributed by atoms with Crippen molar-refractivity contribution < 1.29 is 18.0 Å². The van der Waals surface area contributed by atoms with Crippen molar-refractivity contribution in [3.63, 3.8) is 0 Å². The fraction of sp³-hybridized carbons (Fsp3) is 0.462. The zero-order chi connectivity index (χ0) is 14.5. The van der Waals surface area contributed by atoms with Gasteiger partial charge in [0.1, 0.15) is 0 Å². The lowest BCUT2D eigenvalue weighted by molar-refractivity contribution is -0.137. The molecule has 19 heavy (non-hydrogen) atoms. The molecule has 0 fully saturated rings. The maximum Gasteiger partial charge on any atom is 0.416 e. The number of aryl methyl sites for hydroxylation is 1. The van der Waals surface area contributed by atoms with Gasteiger partial charge in [-0.25, -0.2) is 0 Å². The van der Waals surface area contributed by atoms with Crippen molar-refractivity contribution in [2.24, 2.45) is 5.73 Å². The van der Waals surface area contributed by atoms with Gasteiger partial charge in [-0.2, -0.15) is 13.2 Å². The van der Waals surface area contributed by atoms with Gasteiger partial charge >= 0.3 is 6.18 Å². The maximum absolute atomic E-state index is 12.6. The summed E-state index contributed by atoms with van der Waals surface area (Å²) in [7, 11) is 0. The van der Waals surface area contributed by atoms with E-state index in [1.54, 1.807) is 0 Å². The number of amides is 1. The summed E-state index contributed by atoms with van der Waals surface area (Å²) in [6, 6.07) is 3.35. The van der Waals surface area contributed by atoms with Crippen molar-refractivity contribution in [1.82, 2.24) is 0 Å². The monoisotopic (exact) mass is 274 g/mol. The van der Waals surface area contributed by atoms with E-state index in [1.807, 2.05) is 0 Å². The lowest BCUT2D eigenvalue weighted by Crippen LogP contribution is -2.11. The lowest BCUT2D eigenvalue weighted by atomic mass is 10.0. The smallest absolute Gasteiger partial charge is 0.330 e. The summed E-state index contributed by atoms with van der Waals surface area (Å²) in [4.78, 5) is 11.0. The molecule has 0 aliphatic carbocycles. The summed E-state index contributed by atoms with van der Waals surface area (Å²) in [5.74, 6) is -0.306. The summed E-state index contributed by atoms with van der Waals surface area (Å²) in [5, 5.41) is 2.54. The number of carbonyl (C=O) groups excluding carboxylic acids is 1. The number of halogens is 3. The molecule has 0 heterocycles. The molecule has 0 radical (unpaired) electrons. The first kappa shape index (κ1) is 15.5. The molecule has 0 aliphatic heterocycles. The number of alkyl halides is 3. The largest absolute Gasteiger partial charge is 0.416 e. The third-order valence-electron chi connectivity index (χ3n) is 2.64. The highest BCUT2D eigenvalue weighted by Crippen LogP contribution is 2.32. The molecule has 6 heteroatoms. The topological polar surface area (TPSA) is 55.1 Å². The summed E-state index contributed by atoms with van der Waals surface area (Å²) in [5.41, 5.74) is 5.57. The summed E-state index contributed by atoms with van der Waals surface area (Å²) >= 11 is 0. The van der Waals surface area contributed by atoms with E-state index in [0.29, 0.717) is 30.6 Å². The van der Waals surface area contributed by atoms with Crippen LogP contribution in [0.4, 0.5) is 18.9 Å². The van der Waals surface area contributed by atoms with Gasteiger partial charge in [-0.3, -0.25) is 4.79 Å². The van der Waals surface area contributed by atoms with E-state index in [1.165, 1.54) is 13.0 Å². The lowest BCUT2D eigenvalue weighted by Gasteiger charge is -2.13. The van der Waals surface area contributed by atoms with Crippen molar-refractivity contribution in [3.05, 3.63) is 29.3 Å². The van der Waals surface area contributed by atoms with Crippen LogP contribution in [0.15, 0.2) is 18.2 Å². The molecule has 106 valence electrons. The fourth-order valence-corrected chi connectivity index (χ4v) is 1.75. The second-order valence-electron chi connectivity index (χ2n) is 4.30. The Morgan fingerprint density at radius 2 is 2.00 bits per heavy atom. The molecule has 1 aromatic carbocycles. The SMILES string of the molecule is CC(=O)Nc1ccc(C(F)(F)F)cc1CCCCN. The molecule has 3 nitrogen and oxygen atoms in total. The number of benzene rings is 1. The molecule has 1 rings (SSSR count). The molecule has 1 amide bonds. The van der Waals surface area contributed by atoms with Crippen LogP contribution in [-0.2, 0) is 17.4 Å². The number of anilines is 1. The van der Waals surface area contributed by atoms with Crippen molar-refractivity contribution in [2.45, 2.75) is 32.4 Å². The third kappa shape index (κ3) is 4.90. The Morgan fingerprint density at radius 3 is 2.53 bits per heavy atom. The molecule has 0 aliphatic rings. The number of nitrogens with two attached hydrogens (primary N) is 1. The van der Waals surface area contributed by atoms with Crippen LogP contribution in [0, 0.1) is 0 Å². The quantitative estimate of drug-likeness (QED) is 0.811. The van der Waals surface area contributed by atoms with E-state index in [-0.39, 0.29) is 5.91 Å². The average Bonchev–Trinajstić information content (AvgIpc) is 2.29. The van der Waals surface area contributed by atoms with Gasteiger partial charge in [0.25, 0.3) is 0 Å². The Bertz CT molecular complexity index is 444. The van der Waals surface area contributed by atoms with Gasteiger partial charge in [0.2, 0.25) is 5.91 Å². The Labute approximate surface area is 110 Å². The fourth-order valence-electron chi connectivity index (χ4n) is 1.75. The number of carbonyl (C=O) groups is 1. The van der Waals surface area contributed by atoms with E-state index < -0.39 is 11.7 Å². The molecule has 3 N–H and O–H groups in total. The van der Waals surface area contributed by atoms with Crippen LogP contribution in [-0.4, -0.2) is 12.5 Å². The van der Waals surface area contributed by atoms with Crippen LogP contribution < -0.4 is 11.1 Å². The maximum atomic E-state index is 12.6. The number of unbranched alkanes of at least 4 members (excludes halogenated alkanes) is 1. The minimum Gasteiger partial charge on any atom is -0.330 e. The summed E-state index contributed by atoms with van der Waals surface area (Å²) < 4.78 is 37.9. The molecular weight excluding hydrogens is 257 g/mol. The Hall–Kier alpha value is -1.56. The van der Waals surface area contributed by atoms with E-state index >= 15 is 0 Å². The number of nitrogens with one attached hydrogen (secondary N) is 1. The van der Waals surface area contributed by atoms with Gasteiger partial charge in [-0.1, -0.05) is 0 Å². The first-order chi connectivity index (χ1) is 8.84. The van der Waals surface area contributed by atoms with Crippen LogP contribution >= 0.6 is 0 Å². The predicted molar refractivity (Wildman–Crippen MR) is 67.7 cm³/mol. The number of hydrogen-bond donors (Lipinski definition) is 2. The predicted octanol–water partition coefficient (Wildman–Crippen LogP) is 2.95. The molecule has 0 aromatic heterocycles. The van der Waals surface area contributed by atoms with Gasteiger partial charge in [0.05, 0.1) is 5.56 Å². The van der Waals surface area contributed by atoms with E-state index in [9.17, 15) is 18.0 Å². The van der Waals surface area contributed by atoms with Crippen molar-refractivity contribution in [1.29, 1.82) is 0 Å². The van der Waals surface area contributed by atoms with Crippen LogP contribution in [0.2, 0.25) is 0 Å². The number of hydrogen-bond acceptors (Lipinski definition) is 2. The first-order valence-corrected chi connectivity index (χ1v) is 6.02. The molecule has 0 saturated heterocycles. The average molecular weight is 274 g/mol. The standard InChI is InChI=1S/C13H17F3N2O/c1-9(19)18-12-6-5-11(13(14,15)16)8-10(12)4-2-3-7-17/h5-6,8H,2-4,7,17H2,1H3,(H,18,19). The van der Waals surface area contributed by atoms with Gasteiger partial charge in [0.15, 0.2) is 0 Å². The van der Waals surface area contributed by atoms with Gasteiger partial charge < -0.3 is 11.1 Å². The van der Waals surface area contributed by atoms with Crippen LogP contribution in [0.5, 0.6) is 0 Å². The van der Waals surface area contributed by atoms with E-state index in [2.05, 4.69) is 5.32 Å². The zero-order valence-electron chi connectivity index (χ0n) is 10.7. The molecule has 0 atom stereocenters. The van der Waals surface area contributed by atoms with Gasteiger partial charge in [-0.05, 0) is 49.6 Å². The van der Waals surface area contributed by atoms with E-state index in [0.717, 1.165) is 18.6 Å². The van der Waals surface area contributed by atoms with Crippen molar-refractivity contribution in [3.8, 4) is 0 Å². The highest BCUT2D eigenvalue weighted by Gasteiger charge is 2.30. The molecule has 0 spiro atoms. The van der Waals surface area contributed by atoms with Crippen LogP contribution in [0.25, 0.3) is 0 Å². The molecule has 0 saturated carbocycles. The van der Waals surface area contributed by atoms with Crippen molar-refractivity contribution >= 4 is 11.6 Å². The zero-order valence-corrected chi connectivity index (χ0v) is 10.7. The van der Waals surface area contributed by atoms with Crippen LogP contribution in [0.1, 0.15) is 30.9 Å². The highest BCUT2D eigenvalue weighted by atomic mass is 19.4. The Kier molecular flexibility index (Phi) is 5.35. The normalized spacial score (nSPS) is 11.4. The van der Waals surface area contributed by atoms with Gasteiger partial charge in [-0.15, -0.1) is 0 Å². The minimum absolute atomic E-state index is 0.306. The molecular formula is C13H17F3N2O. The van der Waals surface area contributed by atoms with E-state index in [4.69, 9.17) is 5.73 Å². The third-order valence-corrected chi connectivity index (χ3v) is 2.64. The first-order valence-electron chi connectivity index (χ1n) is 6.02. The molecule has 1 aromatic rings. The second-order valence-corrected chi connectivity index (χ2v) is 4.30. The van der Waals surface area contributed by atoms with Crippen molar-refractivity contribution in [2.75, 3.05) is 11.9 Å². The second kappa shape index (κ2) is 6.56. The van der Waals surface area contributed by atoms with Gasteiger partial charge in [0, 0.05) is 12.6 Å². The molecule has 0 unspecified atom stereocenters. The minimum atomic E-state index is -4.38. The highest BCUT2D eigenvalue weighted by molar-refractivity contribution is 5.89. The number of rotatable bonds is 5. The summed E-state index contributed by atoms with van der Waals surface area (Å²) in [6.07, 6.45) is -2.51. The Morgan fingerprint density at radius 1 is 1.32 bits per heavy atom. The molecule has 0 bridgehead atoms. The summed E-state index contributed by atoms with van der Waals surface area (Å²) in [6.45, 7) is 1.82.